The topological polar surface area (TPSA) is 95.9 Å². The van der Waals surface area contributed by atoms with E-state index in [0.717, 1.165) is 12.1 Å². The second kappa shape index (κ2) is 7.12. The molecule has 0 aromatic carbocycles. The molecule has 26 heavy (non-hydrogen) atoms. The molecular formula is C17H18N6O2S. The van der Waals surface area contributed by atoms with Crippen LogP contribution < -0.4 is 5.32 Å². The van der Waals surface area contributed by atoms with Gasteiger partial charge in [-0.25, -0.2) is 4.98 Å². The molecule has 0 saturated carbocycles. The van der Waals surface area contributed by atoms with Crippen molar-refractivity contribution >= 4 is 23.2 Å². The molecule has 0 bridgehead atoms. The molecule has 4 heterocycles. The summed E-state index contributed by atoms with van der Waals surface area (Å²) >= 11 is 1.67. The van der Waals surface area contributed by atoms with Crippen molar-refractivity contribution in [3.8, 4) is 0 Å². The molecule has 0 aliphatic carbocycles. The molecule has 134 valence electrons. The molecule has 0 radical (unpaired) electrons. The van der Waals surface area contributed by atoms with Crippen LogP contribution in [0, 0.1) is 0 Å². The van der Waals surface area contributed by atoms with Gasteiger partial charge in [0, 0.05) is 23.8 Å². The number of rotatable bonds is 5. The number of thiophene rings is 1. The normalized spacial score (nSPS) is 16.3. The molecule has 1 aliphatic rings. The van der Waals surface area contributed by atoms with E-state index in [2.05, 4.69) is 26.6 Å². The van der Waals surface area contributed by atoms with E-state index < -0.39 is 6.04 Å². The van der Waals surface area contributed by atoms with Gasteiger partial charge >= 0.3 is 0 Å². The quantitative estimate of drug-likeness (QED) is 0.706. The lowest BCUT2D eigenvalue weighted by Crippen LogP contribution is -2.46. The molecule has 3 aromatic heterocycles. The maximum absolute atomic E-state index is 12.7. The van der Waals surface area contributed by atoms with E-state index in [1.807, 2.05) is 16.0 Å². The molecule has 0 fully saturated rings. The van der Waals surface area contributed by atoms with Crippen molar-refractivity contribution in [2.75, 3.05) is 13.1 Å². The highest BCUT2D eigenvalue weighted by Crippen LogP contribution is 2.22. The lowest BCUT2D eigenvalue weighted by molar-refractivity contribution is -0.125. The number of carbonyl (C=O) groups excluding carboxylic acids is 2. The van der Waals surface area contributed by atoms with Gasteiger partial charge in [-0.1, -0.05) is 6.07 Å². The Morgan fingerprint density at radius 2 is 2.31 bits per heavy atom. The van der Waals surface area contributed by atoms with E-state index >= 15 is 0 Å². The van der Waals surface area contributed by atoms with Crippen LogP contribution in [0.5, 0.6) is 0 Å². The average molecular weight is 370 g/mol. The number of nitrogens with zero attached hydrogens (tertiary/aromatic N) is 4. The summed E-state index contributed by atoms with van der Waals surface area (Å²) in [6.07, 6.45) is 5.68. The highest BCUT2D eigenvalue weighted by molar-refractivity contribution is 7.09. The molecule has 3 aromatic rings. The molecule has 1 atom stereocenters. The Kier molecular flexibility index (Phi) is 4.53. The minimum Gasteiger partial charge on any atom is -0.354 e. The van der Waals surface area contributed by atoms with Crippen LogP contribution in [-0.2, 0) is 17.8 Å². The highest BCUT2D eigenvalue weighted by Gasteiger charge is 2.33. The summed E-state index contributed by atoms with van der Waals surface area (Å²) in [5, 5.41) is 11.5. The van der Waals surface area contributed by atoms with E-state index in [0.29, 0.717) is 25.3 Å². The molecule has 2 N–H and O–H groups in total. The van der Waals surface area contributed by atoms with E-state index in [9.17, 15) is 9.59 Å². The van der Waals surface area contributed by atoms with E-state index in [1.165, 1.54) is 11.1 Å². The molecular weight excluding hydrogens is 352 g/mol. The molecule has 8 nitrogen and oxygen atoms in total. The van der Waals surface area contributed by atoms with Crippen molar-refractivity contribution in [2.45, 2.75) is 19.0 Å². The van der Waals surface area contributed by atoms with Gasteiger partial charge in [-0.15, -0.1) is 11.3 Å². The summed E-state index contributed by atoms with van der Waals surface area (Å²) in [5.41, 5.74) is 1.25. The Morgan fingerprint density at radius 3 is 3.08 bits per heavy atom. The number of H-pyrrole nitrogens is 1. The number of amides is 2. The second-order valence-corrected chi connectivity index (χ2v) is 7.12. The van der Waals surface area contributed by atoms with E-state index in [4.69, 9.17) is 0 Å². The number of aromatic amines is 1. The lowest BCUT2D eigenvalue weighted by Gasteiger charge is -2.33. The van der Waals surface area contributed by atoms with Crippen molar-refractivity contribution in [1.29, 1.82) is 0 Å². The Bertz CT molecular complexity index is 886. The minimum absolute atomic E-state index is 0.108. The fraction of sp³-hybridized carbons (Fsp3) is 0.294. The monoisotopic (exact) mass is 370 g/mol. The Balaban J connectivity index is 1.46. The highest BCUT2D eigenvalue weighted by atomic mass is 32.1. The van der Waals surface area contributed by atoms with Gasteiger partial charge < -0.3 is 14.8 Å². The van der Waals surface area contributed by atoms with Crippen LogP contribution in [0.4, 0.5) is 0 Å². The standard InChI is InChI=1S/C17H18N6O2S/c24-16(19-5-3-13-2-1-7-26-13)15-10-22(9-12-8-18-11-23(12)15)17(25)14-4-6-20-21-14/h1-2,4,6-8,11,15H,3,5,9-10H2,(H,19,24)(H,20,21)/t15-/m1/s1. The first-order valence-electron chi connectivity index (χ1n) is 8.32. The Hall–Kier alpha value is -2.94. The van der Waals surface area contributed by atoms with Crippen molar-refractivity contribution in [1.82, 2.24) is 30.0 Å². The van der Waals surface area contributed by atoms with Crippen LogP contribution in [0.1, 0.15) is 27.1 Å². The Morgan fingerprint density at radius 1 is 1.38 bits per heavy atom. The Labute approximate surface area is 153 Å². The van der Waals surface area contributed by atoms with Crippen LogP contribution in [0.2, 0.25) is 0 Å². The lowest BCUT2D eigenvalue weighted by atomic mass is 10.1. The molecule has 2 amide bonds. The van der Waals surface area contributed by atoms with Crippen molar-refractivity contribution in [3.63, 3.8) is 0 Å². The van der Waals surface area contributed by atoms with Crippen LogP contribution in [0.15, 0.2) is 42.3 Å². The number of carbonyl (C=O) groups is 2. The largest absolute Gasteiger partial charge is 0.354 e. The molecule has 0 unspecified atom stereocenters. The zero-order chi connectivity index (χ0) is 17.9. The third-order valence-electron chi connectivity index (χ3n) is 4.40. The fourth-order valence-electron chi connectivity index (χ4n) is 3.08. The third-order valence-corrected chi connectivity index (χ3v) is 5.34. The zero-order valence-electron chi connectivity index (χ0n) is 14.0. The summed E-state index contributed by atoms with van der Waals surface area (Å²) in [6.45, 7) is 1.28. The van der Waals surface area contributed by atoms with Crippen LogP contribution in [0.3, 0.4) is 0 Å². The molecule has 4 rings (SSSR count). The summed E-state index contributed by atoms with van der Waals surface area (Å²) in [5.74, 6) is -0.283. The summed E-state index contributed by atoms with van der Waals surface area (Å²) < 4.78 is 1.84. The number of fused-ring (bicyclic) bond motifs is 1. The van der Waals surface area contributed by atoms with Gasteiger partial charge in [0.1, 0.15) is 11.7 Å². The first-order chi connectivity index (χ1) is 12.7. The van der Waals surface area contributed by atoms with E-state index in [-0.39, 0.29) is 11.8 Å². The van der Waals surface area contributed by atoms with Gasteiger partial charge in [0.15, 0.2) is 0 Å². The van der Waals surface area contributed by atoms with Crippen LogP contribution in [-0.4, -0.2) is 49.6 Å². The van der Waals surface area contributed by atoms with Crippen molar-refractivity contribution in [3.05, 3.63) is 58.6 Å². The SMILES string of the molecule is O=C(NCCc1cccs1)[C@H]1CN(C(=O)c2ccn[nH]2)Cc2cncn21. The summed E-state index contributed by atoms with van der Waals surface area (Å²) in [7, 11) is 0. The molecule has 0 spiro atoms. The summed E-state index contributed by atoms with van der Waals surface area (Å²) in [6, 6.07) is 5.19. The maximum Gasteiger partial charge on any atom is 0.272 e. The second-order valence-electron chi connectivity index (χ2n) is 6.08. The predicted octanol–water partition coefficient (Wildman–Crippen LogP) is 1.22. The number of imidazole rings is 1. The van der Waals surface area contributed by atoms with E-state index in [1.54, 1.807) is 34.8 Å². The minimum atomic E-state index is -0.489. The van der Waals surface area contributed by atoms with Gasteiger partial charge in [0.25, 0.3) is 5.91 Å². The average Bonchev–Trinajstić information content (AvgIpc) is 3.41. The molecule has 1 aliphatic heterocycles. The maximum atomic E-state index is 12.7. The fourth-order valence-corrected chi connectivity index (χ4v) is 3.79. The van der Waals surface area contributed by atoms with Crippen LogP contribution in [0.25, 0.3) is 0 Å². The molecule has 9 heteroatoms. The summed E-state index contributed by atoms with van der Waals surface area (Å²) in [4.78, 5) is 32.4. The zero-order valence-corrected chi connectivity index (χ0v) is 14.8. The number of nitrogens with one attached hydrogen (secondary N) is 2. The predicted molar refractivity (Wildman–Crippen MR) is 95.6 cm³/mol. The number of hydrogen-bond donors (Lipinski definition) is 2. The van der Waals surface area contributed by atoms with Gasteiger partial charge in [0.05, 0.1) is 25.1 Å². The van der Waals surface area contributed by atoms with Crippen molar-refractivity contribution in [2.24, 2.45) is 0 Å². The number of hydrogen-bond acceptors (Lipinski definition) is 5. The van der Waals surface area contributed by atoms with Crippen LogP contribution >= 0.6 is 11.3 Å². The van der Waals surface area contributed by atoms with Gasteiger partial charge in [-0.2, -0.15) is 5.10 Å². The van der Waals surface area contributed by atoms with Gasteiger partial charge in [-0.05, 0) is 23.9 Å². The van der Waals surface area contributed by atoms with Crippen molar-refractivity contribution < 1.29 is 9.59 Å². The number of aromatic nitrogens is 4. The third kappa shape index (κ3) is 3.25. The smallest absolute Gasteiger partial charge is 0.272 e. The first-order valence-corrected chi connectivity index (χ1v) is 9.20. The van der Waals surface area contributed by atoms with Gasteiger partial charge in [0.2, 0.25) is 5.91 Å². The van der Waals surface area contributed by atoms with Gasteiger partial charge in [-0.3, -0.25) is 14.7 Å². The first kappa shape index (κ1) is 16.5. The molecule has 0 saturated heterocycles.